The first-order valence-corrected chi connectivity index (χ1v) is 5.16. The molecule has 0 aliphatic rings. The van der Waals surface area contributed by atoms with Crippen LogP contribution in [0, 0.1) is 0 Å². The minimum Gasteiger partial charge on any atom is -0.465 e. The Balaban J connectivity index is 2.62. The molecule has 0 N–H and O–H groups in total. The first-order chi connectivity index (χ1) is 7.65. The van der Waals surface area contributed by atoms with E-state index in [-0.39, 0.29) is 5.56 Å². The Morgan fingerprint density at radius 3 is 2.88 bits per heavy atom. The monoisotopic (exact) mass is 222 g/mol. The topological polar surface area (TPSA) is 61.9 Å². The molecule has 0 atom stereocenters. The van der Waals surface area contributed by atoms with E-state index in [0.717, 1.165) is 6.42 Å². The summed E-state index contributed by atoms with van der Waals surface area (Å²) in [6.45, 7) is 2.54. The molecule has 0 saturated carbocycles. The molecule has 6 heteroatoms. The van der Waals surface area contributed by atoms with Gasteiger partial charge in [0.25, 0.3) is 0 Å². The zero-order chi connectivity index (χ0) is 11.7. The standard InChI is InChI=1S/C10H14N4O2/c1-4-5-16-10-12-9(15)7-8(14(10)3)11-6-13(7)2/h6H,4-5H2,1-3H3. The van der Waals surface area contributed by atoms with Gasteiger partial charge in [-0.25, -0.2) is 4.98 Å². The fourth-order valence-electron chi connectivity index (χ4n) is 1.54. The average Bonchev–Trinajstić information content (AvgIpc) is 2.64. The molecule has 0 aromatic carbocycles. The number of nitrogens with zero attached hydrogens (tertiary/aromatic N) is 4. The smallest absolute Gasteiger partial charge is 0.302 e. The van der Waals surface area contributed by atoms with E-state index in [2.05, 4.69) is 9.97 Å². The number of imidazole rings is 1. The van der Waals surface area contributed by atoms with Crippen LogP contribution in [-0.4, -0.2) is 25.7 Å². The van der Waals surface area contributed by atoms with Crippen molar-refractivity contribution >= 4 is 11.2 Å². The third-order valence-electron chi connectivity index (χ3n) is 2.36. The van der Waals surface area contributed by atoms with Gasteiger partial charge in [0.05, 0.1) is 12.9 Å². The molecule has 86 valence electrons. The number of aryl methyl sites for hydroxylation is 2. The predicted octanol–water partition coefficient (Wildman–Crippen LogP) is 0.456. The molecule has 0 aliphatic heterocycles. The molecule has 16 heavy (non-hydrogen) atoms. The van der Waals surface area contributed by atoms with Crippen LogP contribution in [0.4, 0.5) is 0 Å². The summed E-state index contributed by atoms with van der Waals surface area (Å²) in [6, 6.07) is 0.318. The van der Waals surface area contributed by atoms with Crippen LogP contribution < -0.4 is 10.3 Å². The molecule has 0 aliphatic carbocycles. The van der Waals surface area contributed by atoms with Gasteiger partial charge in [-0.15, -0.1) is 0 Å². The zero-order valence-corrected chi connectivity index (χ0v) is 9.60. The zero-order valence-electron chi connectivity index (χ0n) is 9.60. The van der Waals surface area contributed by atoms with Crippen LogP contribution >= 0.6 is 0 Å². The maximum atomic E-state index is 11.7. The Morgan fingerprint density at radius 1 is 1.44 bits per heavy atom. The van der Waals surface area contributed by atoms with E-state index in [1.54, 1.807) is 29.6 Å². The van der Waals surface area contributed by atoms with Gasteiger partial charge < -0.3 is 9.30 Å². The Morgan fingerprint density at radius 2 is 2.19 bits per heavy atom. The summed E-state index contributed by atoms with van der Waals surface area (Å²) < 4.78 is 8.73. The van der Waals surface area contributed by atoms with Gasteiger partial charge in [0.2, 0.25) is 0 Å². The van der Waals surface area contributed by atoms with Crippen LogP contribution in [0.3, 0.4) is 0 Å². The first-order valence-electron chi connectivity index (χ1n) is 5.16. The van der Waals surface area contributed by atoms with Crippen molar-refractivity contribution in [1.29, 1.82) is 0 Å². The maximum absolute atomic E-state index is 11.7. The molecule has 6 nitrogen and oxygen atoms in total. The van der Waals surface area contributed by atoms with E-state index in [1.807, 2.05) is 6.92 Å². The number of fused-ring (bicyclic) bond motifs is 1. The second-order valence-electron chi connectivity index (χ2n) is 3.63. The molecule has 0 amide bonds. The van der Waals surface area contributed by atoms with E-state index >= 15 is 0 Å². The van der Waals surface area contributed by atoms with Crippen LogP contribution in [0.5, 0.6) is 6.01 Å². The lowest BCUT2D eigenvalue weighted by Gasteiger charge is -2.08. The highest BCUT2D eigenvalue weighted by atomic mass is 16.5. The molecule has 0 spiro atoms. The van der Waals surface area contributed by atoms with Crippen molar-refractivity contribution in [1.82, 2.24) is 19.1 Å². The van der Waals surface area contributed by atoms with Crippen molar-refractivity contribution in [2.75, 3.05) is 6.61 Å². The highest BCUT2D eigenvalue weighted by Gasteiger charge is 2.12. The average molecular weight is 222 g/mol. The lowest BCUT2D eigenvalue weighted by Crippen LogP contribution is -2.17. The second kappa shape index (κ2) is 3.96. The third-order valence-corrected chi connectivity index (χ3v) is 2.36. The Labute approximate surface area is 92.5 Å². The number of hydrogen-bond acceptors (Lipinski definition) is 4. The number of aromatic nitrogens is 4. The van der Waals surface area contributed by atoms with Crippen LogP contribution in [-0.2, 0) is 14.1 Å². The summed E-state index contributed by atoms with van der Waals surface area (Å²) in [5.74, 6) is 0. The summed E-state index contributed by atoms with van der Waals surface area (Å²) in [4.78, 5) is 19.8. The fourth-order valence-corrected chi connectivity index (χ4v) is 1.54. The van der Waals surface area contributed by atoms with Crippen molar-refractivity contribution in [3.8, 4) is 6.01 Å². The van der Waals surface area contributed by atoms with Gasteiger partial charge in [-0.3, -0.25) is 9.36 Å². The lowest BCUT2D eigenvalue weighted by molar-refractivity contribution is 0.280. The molecule has 0 bridgehead atoms. The summed E-state index contributed by atoms with van der Waals surface area (Å²) in [6.07, 6.45) is 2.47. The molecule has 2 rings (SSSR count). The summed E-state index contributed by atoms with van der Waals surface area (Å²) in [5, 5.41) is 0. The van der Waals surface area contributed by atoms with Gasteiger partial charge in [0, 0.05) is 14.1 Å². The number of ether oxygens (including phenoxy) is 1. The van der Waals surface area contributed by atoms with E-state index in [1.165, 1.54) is 0 Å². The van der Waals surface area contributed by atoms with E-state index in [0.29, 0.717) is 23.8 Å². The van der Waals surface area contributed by atoms with E-state index in [4.69, 9.17) is 4.74 Å². The Hall–Kier alpha value is -1.85. The maximum Gasteiger partial charge on any atom is 0.302 e. The van der Waals surface area contributed by atoms with Crippen LogP contribution in [0.25, 0.3) is 11.2 Å². The molecule has 0 unspecified atom stereocenters. The van der Waals surface area contributed by atoms with Crippen LogP contribution in [0.15, 0.2) is 11.1 Å². The largest absolute Gasteiger partial charge is 0.465 e. The molecule has 0 fully saturated rings. The predicted molar refractivity (Wildman–Crippen MR) is 59.5 cm³/mol. The van der Waals surface area contributed by atoms with Crippen LogP contribution in [0.2, 0.25) is 0 Å². The SMILES string of the molecule is CCCOc1nc(=O)c2c(ncn2C)n1C. The minimum atomic E-state index is -0.306. The van der Waals surface area contributed by atoms with E-state index < -0.39 is 0 Å². The lowest BCUT2D eigenvalue weighted by atomic mass is 10.5. The van der Waals surface area contributed by atoms with Crippen molar-refractivity contribution in [2.45, 2.75) is 13.3 Å². The van der Waals surface area contributed by atoms with Gasteiger partial charge in [-0.1, -0.05) is 6.92 Å². The fraction of sp³-hybridized carbons (Fsp3) is 0.500. The molecular weight excluding hydrogens is 208 g/mol. The molecule has 0 saturated heterocycles. The van der Waals surface area contributed by atoms with E-state index in [9.17, 15) is 4.79 Å². The molecule has 0 radical (unpaired) electrons. The van der Waals surface area contributed by atoms with Gasteiger partial charge in [0.1, 0.15) is 0 Å². The van der Waals surface area contributed by atoms with Gasteiger partial charge in [0.15, 0.2) is 11.2 Å². The molecule has 2 aromatic rings. The number of rotatable bonds is 3. The van der Waals surface area contributed by atoms with Crippen LogP contribution in [0.1, 0.15) is 13.3 Å². The highest BCUT2D eigenvalue weighted by molar-refractivity contribution is 5.70. The number of hydrogen-bond donors (Lipinski definition) is 0. The molecule has 2 aromatic heterocycles. The highest BCUT2D eigenvalue weighted by Crippen LogP contribution is 2.11. The Kier molecular flexibility index (Phi) is 2.64. The Bertz CT molecular complexity index is 570. The van der Waals surface area contributed by atoms with Gasteiger partial charge in [-0.2, -0.15) is 4.98 Å². The van der Waals surface area contributed by atoms with Crippen molar-refractivity contribution in [3.63, 3.8) is 0 Å². The first kappa shape index (κ1) is 10.7. The molecule has 2 heterocycles. The normalized spacial score (nSPS) is 10.9. The third kappa shape index (κ3) is 1.56. The summed E-state index contributed by atoms with van der Waals surface area (Å²) in [7, 11) is 3.55. The van der Waals surface area contributed by atoms with Crippen molar-refractivity contribution < 1.29 is 4.74 Å². The molecular formula is C10H14N4O2. The summed E-state index contributed by atoms with van der Waals surface area (Å²) in [5.41, 5.74) is 0.777. The second-order valence-corrected chi connectivity index (χ2v) is 3.63. The van der Waals surface area contributed by atoms with Gasteiger partial charge >= 0.3 is 11.6 Å². The summed E-state index contributed by atoms with van der Waals surface area (Å²) >= 11 is 0. The van der Waals surface area contributed by atoms with Crippen molar-refractivity contribution in [2.24, 2.45) is 14.1 Å². The van der Waals surface area contributed by atoms with Gasteiger partial charge in [-0.05, 0) is 6.42 Å². The van der Waals surface area contributed by atoms with Crippen molar-refractivity contribution in [3.05, 3.63) is 16.7 Å². The quantitative estimate of drug-likeness (QED) is 0.756. The minimum absolute atomic E-state index is 0.306.